The molecule has 1 unspecified atom stereocenters. The Bertz CT molecular complexity index is 41.8. The minimum Gasteiger partial charge on any atom is -0.317 e. The summed E-state index contributed by atoms with van der Waals surface area (Å²) in [6.45, 7) is 2.48. The van der Waals surface area contributed by atoms with E-state index in [9.17, 15) is 4.39 Å². The minimum absolute atomic E-state index is 0.494. The fraction of sp³-hybridized carbons (Fsp3) is 1.00. The summed E-state index contributed by atoms with van der Waals surface area (Å²) in [5, 5.41) is 2.78. The molecule has 1 nitrogen and oxygen atoms in total. The maximum Gasteiger partial charge on any atom is 0.112 e. The van der Waals surface area contributed by atoms with Gasteiger partial charge in [-0.15, -0.1) is 0 Å². The quantitative estimate of drug-likeness (QED) is 0.589. The smallest absolute Gasteiger partial charge is 0.112 e. The number of alkyl halides is 1. The minimum atomic E-state index is -0.648. The lowest BCUT2D eigenvalue weighted by molar-refractivity contribution is 0.305. The largest absolute Gasteiger partial charge is 0.317 e. The predicted molar refractivity (Wildman–Crippen MR) is 33.7 cm³/mol. The molecule has 0 saturated heterocycles. The van der Waals surface area contributed by atoms with E-state index >= 15 is 0 Å². The number of nitrogens with one attached hydrogen (secondary N) is 1. The van der Waals surface area contributed by atoms with Gasteiger partial charge in [-0.1, -0.05) is 13.3 Å². The molecule has 0 aromatic rings. The molecule has 0 saturated carbocycles. The summed E-state index contributed by atoms with van der Waals surface area (Å²) in [5.41, 5.74) is 0. The van der Waals surface area contributed by atoms with Gasteiger partial charge in [0.25, 0.3) is 0 Å². The van der Waals surface area contributed by atoms with Crippen molar-refractivity contribution in [1.82, 2.24) is 5.32 Å². The van der Waals surface area contributed by atoms with E-state index in [0.29, 0.717) is 13.0 Å². The first-order chi connectivity index (χ1) is 3.81. The molecular formula is C6H14FN. The van der Waals surface area contributed by atoms with E-state index in [1.54, 1.807) is 7.05 Å². The third kappa shape index (κ3) is 4.06. The number of hydrogen-bond donors (Lipinski definition) is 1. The molecule has 0 aliphatic carbocycles. The Balaban J connectivity index is 2.92. The lowest BCUT2D eigenvalue weighted by atomic mass is 10.2. The molecule has 0 amide bonds. The zero-order valence-electron chi connectivity index (χ0n) is 5.58. The van der Waals surface area contributed by atoms with Gasteiger partial charge in [0.15, 0.2) is 0 Å². The highest BCUT2D eigenvalue weighted by Gasteiger charge is 2.00. The summed E-state index contributed by atoms with van der Waals surface area (Å²) in [7, 11) is 1.77. The van der Waals surface area contributed by atoms with Gasteiger partial charge in [0.2, 0.25) is 0 Å². The molecule has 0 aromatic heterocycles. The van der Waals surface area contributed by atoms with E-state index in [2.05, 4.69) is 5.32 Å². The standard InChI is InChI=1S/C6H14FN/c1-3-4-6(7)5-8-2/h6,8H,3-5H2,1-2H3. The third-order valence-electron chi connectivity index (χ3n) is 1.03. The van der Waals surface area contributed by atoms with Gasteiger partial charge in [0.1, 0.15) is 6.17 Å². The molecule has 0 aliphatic heterocycles. The van der Waals surface area contributed by atoms with Crippen molar-refractivity contribution >= 4 is 0 Å². The average Bonchev–Trinajstić information content (AvgIpc) is 1.68. The van der Waals surface area contributed by atoms with Crippen molar-refractivity contribution in [3.8, 4) is 0 Å². The monoisotopic (exact) mass is 119 g/mol. The first-order valence-electron chi connectivity index (χ1n) is 3.10. The number of rotatable bonds is 4. The molecule has 0 fully saturated rings. The van der Waals surface area contributed by atoms with Crippen LogP contribution in [0.4, 0.5) is 4.39 Å². The van der Waals surface area contributed by atoms with Crippen molar-refractivity contribution in [3.05, 3.63) is 0 Å². The van der Waals surface area contributed by atoms with Crippen molar-refractivity contribution in [2.75, 3.05) is 13.6 Å². The number of halogens is 1. The zero-order valence-corrected chi connectivity index (χ0v) is 5.58. The highest BCUT2D eigenvalue weighted by molar-refractivity contribution is 4.55. The van der Waals surface area contributed by atoms with E-state index in [1.165, 1.54) is 0 Å². The molecule has 0 rings (SSSR count). The fourth-order valence-electron chi connectivity index (χ4n) is 0.637. The molecule has 1 N–H and O–H groups in total. The Morgan fingerprint density at radius 1 is 1.62 bits per heavy atom. The first kappa shape index (κ1) is 7.89. The Labute approximate surface area is 50.3 Å². The van der Waals surface area contributed by atoms with Crippen LogP contribution in [0.1, 0.15) is 19.8 Å². The molecule has 0 spiro atoms. The van der Waals surface area contributed by atoms with Crippen molar-refractivity contribution in [3.63, 3.8) is 0 Å². The molecule has 0 bridgehead atoms. The van der Waals surface area contributed by atoms with Crippen molar-refractivity contribution in [2.45, 2.75) is 25.9 Å². The van der Waals surface area contributed by atoms with Crippen molar-refractivity contribution < 1.29 is 4.39 Å². The summed E-state index contributed by atoms with van der Waals surface area (Å²) in [4.78, 5) is 0. The summed E-state index contributed by atoms with van der Waals surface area (Å²) >= 11 is 0. The van der Waals surface area contributed by atoms with Gasteiger partial charge < -0.3 is 5.32 Å². The predicted octanol–water partition coefficient (Wildman–Crippen LogP) is 1.34. The van der Waals surface area contributed by atoms with Crippen LogP contribution in [0.15, 0.2) is 0 Å². The van der Waals surface area contributed by atoms with Crippen LogP contribution in [-0.2, 0) is 0 Å². The van der Waals surface area contributed by atoms with Crippen LogP contribution in [0.3, 0.4) is 0 Å². The SMILES string of the molecule is CCCC(F)CNC. The fourth-order valence-corrected chi connectivity index (χ4v) is 0.637. The molecule has 0 aromatic carbocycles. The average molecular weight is 119 g/mol. The van der Waals surface area contributed by atoms with Crippen LogP contribution in [0.25, 0.3) is 0 Å². The Morgan fingerprint density at radius 2 is 2.25 bits per heavy atom. The van der Waals surface area contributed by atoms with Gasteiger partial charge in [-0.05, 0) is 13.5 Å². The van der Waals surface area contributed by atoms with E-state index in [0.717, 1.165) is 6.42 Å². The lowest BCUT2D eigenvalue weighted by Gasteiger charge is -2.02. The third-order valence-corrected chi connectivity index (χ3v) is 1.03. The summed E-state index contributed by atoms with van der Waals surface area (Å²) in [5.74, 6) is 0. The van der Waals surface area contributed by atoms with Gasteiger partial charge in [-0.2, -0.15) is 0 Å². The van der Waals surface area contributed by atoms with E-state index in [1.807, 2.05) is 6.92 Å². The maximum atomic E-state index is 12.3. The second-order valence-electron chi connectivity index (χ2n) is 1.94. The summed E-state index contributed by atoms with van der Waals surface area (Å²) in [6, 6.07) is 0. The van der Waals surface area contributed by atoms with Crippen LogP contribution < -0.4 is 5.32 Å². The second-order valence-corrected chi connectivity index (χ2v) is 1.94. The molecule has 8 heavy (non-hydrogen) atoms. The molecule has 2 heteroatoms. The van der Waals surface area contributed by atoms with Crippen molar-refractivity contribution in [2.24, 2.45) is 0 Å². The molecule has 0 heterocycles. The van der Waals surface area contributed by atoms with Gasteiger partial charge in [0.05, 0.1) is 0 Å². The van der Waals surface area contributed by atoms with Crippen LogP contribution >= 0.6 is 0 Å². The summed E-state index contributed by atoms with van der Waals surface area (Å²) < 4.78 is 12.3. The number of hydrogen-bond acceptors (Lipinski definition) is 1. The topological polar surface area (TPSA) is 12.0 Å². The molecular weight excluding hydrogens is 105 g/mol. The molecule has 0 aliphatic rings. The molecule has 0 radical (unpaired) electrons. The first-order valence-corrected chi connectivity index (χ1v) is 3.10. The van der Waals surface area contributed by atoms with Crippen LogP contribution in [-0.4, -0.2) is 19.8 Å². The Kier molecular flexibility index (Phi) is 4.97. The van der Waals surface area contributed by atoms with Gasteiger partial charge in [-0.3, -0.25) is 0 Å². The maximum absolute atomic E-state index is 12.3. The summed E-state index contributed by atoms with van der Waals surface area (Å²) in [6.07, 6.45) is 0.967. The lowest BCUT2D eigenvalue weighted by Crippen LogP contribution is -2.19. The molecule has 1 atom stereocenters. The molecule has 50 valence electrons. The normalized spacial score (nSPS) is 13.9. The second kappa shape index (κ2) is 5.04. The van der Waals surface area contributed by atoms with Gasteiger partial charge >= 0.3 is 0 Å². The van der Waals surface area contributed by atoms with Crippen LogP contribution in [0, 0.1) is 0 Å². The van der Waals surface area contributed by atoms with E-state index in [4.69, 9.17) is 0 Å². The Hall–Kier alpha value is -0.110. The van der Waals surface area contributed by atoms with Gasteiger partial charge in [-0.25, -0.2) is 4.39 Å². The van der Waals surface area contributed by atoms with Crippen LogP contribution in [0.2, 0.25) is 0 Å². The zero-order chi connectivity index (χ0) is 6.41. The van der Waals surface area contributed by atoms with Crippen LogP contribution in [0.5, 0.6) is 0 Å². The highest BCUT2D eigenvalue weighted by Crippen LogP contribution is 1.98. The van der Waals surface area contributed by atoms with E-state index < -0.39 is 6.17 Å². The van der Waals surface area contributed by atoms with Gasteiger partial charge in [0, 0.05) is 6.54 Å². The van der Waals surface area contributed by atoms with Crippen molar-refractivity contribution in [1.29, 1.82) is 0 Å². The Morgan fingerprint density at radius 3 is 2.62 bits per heavy atom. The highest BCUT2D eigenvalue weighted by atomic mass is 19.1. The van der Waals surface area contributed by atoms with E-state index in [-0.39, 0.29) is 0 Å².